The molecule has 278 valence electrons. The summed E-state index contributed by atoms with van der Waals surface area (Å²) in [6.07, 6.45) is 9.57. The third-order valence-corrected chi connectivity index (χ3v) is 10.2. The number of aromatic nitrogens is 3. The molecule has 0 bridgehead atoms. The van der Waals surface area contributed by atoms with Gasteiger partial charge in [-0.05, 0) is 73.5 Å². The Hall–Kier alpha value is -5.74. The normalized spacial score (nSPS) is 20.5. The van der Waals surface area contributed by atoms with E-state index in [0.717, 1.165) is 18.4 Å². The van der Waals surface area contributed by atoms with Crippen LogP contribution in [0.2, 0.25) is 0 Å². The van der Waals surface area contributed by atoms with Crippen LogP contribution in [0.3, 0.4) is 0 Å². The number of anilines is 1. The quantitative estimate of drug-likeness (QED) is 0.0948. The van der Waals surface area contributed by atoms with E-state index in [9.17, 15) is 18.7 Å². The minimum Gasteiger partial charge on any atom is -0.508 e. The summed E-state index contributed by atoms with van der Waals surface area (Å²) in [5, 5.41) is 14.4. The molecule has 3 aromatic carbocycles. The van der Waals surface area contributed by atoms with Gasteiger partial charge in [0.1, 0.15) is 47.2 Å². The van der Waals surface area contributed by atoms with Gasteiger partial charge in [0.15, 0.2) is 5.82 Å². The van der Waals surface area contributed by atoms with Crippen molar-refractivity contribution in [3.8, 4) is 35.4 Å². The molecule has 4 heterocycles. The third-order valence-electron chi connectivity index (χ3n) is 10.2. The third kappa shape index (κ3) is 7.26. The second-order valence-electron chi connectivity index (χ2n) is 14.1. The van der Waals surface area contributed by atoms with Gasteiger partial charge in [-0.2, -0.15) is 9.97 Å². The van der Waals surface area contributed by atoms with E-state index in [0.29, 0.717) is 37.3 Å². The molecule has 1 unspecified atom stereocenters. The number of amides is 1. The van der Waals surface area contributed by atoms with Crippen molar-refractivity contribution in [2.24, 2.45) is 0 Å². The summed E-state index contributed by atoms with van der Waals surface area (Å²) in [7, 11) is 0. The number of aromatic hydroxyl groups is 1. The first-order chi connectivity index (χ1) is 26.0. The lowest BCUT2D eigenvalue weighted by molar-refractivity contribution is -0.117. The summed E-state index contributed by atoms with van der Waals surface area (Å²) >= 11 is 0. The Morgan fingerprint density at radius 1 is 1.15 bits per heavy atom. The Labute approximate surface area is 309 Å². The predicted octanol–water partition coefficient (Wildman–Crippen LogP) is 6.99. The highest BCUT2D eigenvalue weighted by Gasteiger charge is 2.43. The number of phenols is 1. The van der Waals surface area contributed by atoms with Crippen molar-refractivity contribution in [1.82, 2.24) is 25.2 Å². The highest BCUT2D eigenvalue weighted by molar-refractivity contribution is 6.03. The molecule has 5 aromatic rings. The minimum atomic E-state index is -1.15. The van der Waals surface area contributed by atoms with E-state index in [-0.39, 0.29) is 82.2 Å². The Bertz CT molecular complexity index is 2300. The smallest absolute Gasteiger partial charge is 0.319 e. The van der Waals surface area contributed by atoms with Crippen LogP contribution in [0, 0.1) is 29.8 Å². The summed E-state index contributed by atoms with van der Waals surface area (Å²) in [5.74, 6) is 0.171. The van der Waals surface area contributed by atoms with E-state index in [1.54, 1.807) is 12.1 Å². The number of rotatable bonds is 9. The molecule has 0 spiro atoms. The molecule has 54 heavy (non-hydrogen) atoms. The second kappa shape index (κ2) is 14.9. The fraction of sp³-hybridized carbons (Fsp3) is 0.317. The van der Waals surface area contributed by atoms with Crippen molar-refractivity contribution < 1.29 is 32.2 Å². The average Bonchev–Trinajstić information content (AvgIpc) is 3.27. The zero-order valence-corrected chi connectivity index (χ0v) is 29.6. The van der Waals surface area contributed by atoms with Gasteiger partial charge < -0.3 is 20.1 Å². The fourth-order valence-corrected chi connectivity index (χ4v) is 7.55. The first-order valence-corrected chi connectivity index (χ1v) is 17.7. The van der Waals surface area contributed by atoms with E-state index in [1.807, 2.05) is 16.7 Å². The SMILES string of the molecule is C#Cc1c(F)ccc2cc(O)cc(-c3ncc4c(N5CCCCC(NC(=O)C=C)C5)nc(OC[C@]5(C)C[C@@H](F)CN5Cc5ccc(F)cc5)nc4c3F)c12. The minimum absolute atomic E-state index is 0.0564. The number of terminal acetylenes is 1. The van der Waals surface area contributed by atoms with Gasteiger partial charge in [0.05, 0.1) is 16.5 Å². The summed E-state index contributed by atoms with van der Waals surface area (Å²) in [5.41, 5.74) is -0.474. The molecule has 0 radical (unpaired) electrons. The number of ether oxygens (including phenoxy) is 1. The number of alkyl halides is 1. The highest BCUT2D eigenvalue weighted by Crippen LogP contribution is 2.39. The average molecular weight is 739 g/mol. The molecule has 1 amide bonds. The number of benzene rings is 3. The molecular formula is C41H38F4N6O3. The highest BCUT2D eigenvalue weighted by atomic mass is 19.1. The molecule has 2 aliphatic heterocycles. The predicted molar refractivity (Wildman–Crippen MR) is 198 cm³/mol. The van der Waals surface area contributed by atoms with Gasteiger partial charge in [0.2, 0.25) is 5.91 Å². The second-order valence-corrected chi connectivity index (χ2v) is 14.1. The molecule has 2 aliphatic rings. The van der Waals surface area contributed by atoms with Gasteiger partial charge in [0.25, 0.3) is 0 Å². The van der Waals surface area contributed by atoms with Gasteiger partial charge in [-0.25, -0.2) is 17.6 Å². The zero-order chi connectivity index (χ0) is 38.1. The molecule has 9 nitrogen and oxygen atoms in total. The van der Waals surface area contributed by atoms with Crippen LogP contribution in [0.25, 0.3) is 32.9 Å². The molecule has 3 atom stereocenters. The summed E-state index contributed by atoms with van der Waals surface area (Å²) < 4.78 is 66.8. The van der Waals surface area contributed by atoms with Gasteiger partial charge in [-0.15, -0.1) is 6.42 Å². The summed E-state index contributed by atoms with van der Waals surface area (Å²) in [4.78, 5) is 29.9. The van der Waals surface area contributed by atoms with Crippen molar-refractivity contribution in [2.75, 3.05) is 31.1 Å². The van der Waals surface area contributed by atoms with Gasteiger partial charge in [-0.3, -0.25) is 14.7 Å². The van der Waals surface area contributed by atoms with Crippen LogP contribution in [0.15, 0.2) is 67.4 Å². The fourth-order valence-electron chi connectivity index (χ4n) is 7.55. The standard InChI is InChI=1S/C41H38F4N6O3/c1-4-30-33(44)14-11-25-16-29(52)17-31(35(25)30)37-36(45)38-32(19-46-37)39(50-15-7-6-8-28(22-50)47-34(53)5-2)49-40(48-38)54-23-41(3)18-27(43)21-51(41)20-24-9-12-26(42)13-10-24/h1,5,9-14,16-17,19,27-28,52H,2,6-8,15,18,20-23H2,3H3,(H,47,53)/t27-,28?,41+/m1/s1. The maximum atomic E-state index is 17.0. The maximum absolute atomic E-state index is 17.0. The van der Waals surface area contributed by atoms with E-state index in [2.05, 4.69) is 27.8 Å². The number of carbonyl (C=O) groups excluding carboxylic acids is 1. The molecular weight excluding hydrogens is 700 g/mol. The number of nitrogens with one attached hydrogen (secondary N) is 1. The van der Waals surface area contributed by atoms with Crippen molar-refractivity contribution in [2.45, 2.75) is 56.9 Å². The molecule has 7 rings (SSSR count). The van der Waals surface area contributed by atoms with Crippen LogP contribution in [0.4, 0.5) is 23.4 Å². The number of hydrogen-bond acceptors (Lipinski definition) is 8. The molecule has 2 saturated heterocycles. The van der Waals surface area contributed by atoms with Crippen molar-refractivity contribution >= 4 is 33.4 Å². The largest absolute Gasteiger partial charge is 0.508 e. The number of nitrogens with zero attached hydrogens (tertiary/aromatic N) is 5. The van der Waals surface area contributed by atoms with Crippen molar-refractivity contribution in [3.63, 3.8) is 0 Å². The van der Waals surface area contributed by atoms with Gasteiger partial charge in [-0.1, -0.05) is 30.7 Å². The number of pyridine rings is 1. The van der Waals surface area contributed by atoms with Crippen molar-refractivity contribution in [3.05, 3.63) is 96.0 Å². The zero-order valence-electron chi connectivity index (χ0n) is 29.6. The van der Waals surface area contributed by atoms with Crippen LogP contribution in [-0.4, -0.2) is 74.9 Å². The monoisotopic (exact) mass is 738 g/mol. The Balaban J connectivity index is 1.32. The molecule has 2 N–H and O–H groups in total. The maximum Gasteiger partial charge on any atom is 0.319 e. The Kier molecular flexibility index (Phi) is 10.1. The van der Waals surface area contributed by atoms with Crippen LogP contribution in [0.5, 0.6) is 11.8 Å². The number of fused-ring (bicyclic) bond motifs is 2. The van der Waals surface area contributed by atoms with Crippen LogP contribution in [0.1, 0.15) is 43.7 Å². The van der Waals surface area contributed by atoms with E-state index in [4.69, 9.17) is 16.1 Å². The summed E-state index contributed by atoms with van der Waals surface area (Å²) in [6, 6.07) is 10.9. The van der Waals surface area contributed by atoms with Crippen molar-refractivity contribution in [1.29, 1.82) is 0 Å². The van der Waals surface area contributed by atoms with E-state index < -0.39 is 23.3 Å². The lowest BCUT2D eigenvalue weighted by Crippen LogP contribution is -2.45. The molecule has 2 aromatic heterocycles. The summed E-state index contributed by atoms with van der Waals surface area (Å²) in [6.45, 7) is 6.69. The lowest BCUT2D eigenvalue weighted by atomic mass is 9.96. The first kappa shape index (κ1) is 36.6. The topological polar surface area (TPSA) is 104 Å². The Morgan fingerprint density at radius 2 is 1.94 bits per heavy atom. The van der Waals surface area contributed by atoms with Crippen LogP contribution < -0.4 is 15.0 Å². The number of halogens is 4. The van der Waals surface area contributed by atoms with E-state index >= 15 is 8.78 Å². The van der Waals surface area contributed by atoms with Crippen LogP contribution in [-0.2, 0) is 11.3 Å². The molecule has 0 saturated carbocycles. The number of hydrogen-bond donors (Lipinski definition) is 2. The Morgan fingerprint density at radius 3 is 2.70 bits per heavy atom. The van der Waals surface area contributed by atoms with Crippen LogP contribution >= 0.6 is 0 Å². The van der Waals surface area contributed by atoms with Gasteiger partial charge in [0, 0.05) is 55.8 Å². The molecule has 0 aliphatic carbocycles. The van der Waals surface area contributed by atoms with Gasteiger partial charge >= 0.3 is 6.01 Å². The van der Waals surface area contributed by atoms with E-state index in [1.165, 1.54) is 48.7 Å². The lowest BCUT2D eigenvalue weighted by Gasteiger charge is -2.34. The number of phenolic OH excluding ortho intramolecular Hbond substituents is 1. The number of likely N-dealkylation sites (tertiary alicyclic amines) is 1. The first-order valence-electron chi connectivity index (χ1n) is 17.7. The molecule has 2 fully saturated rings. The number of carbonyl (C=O) groups is 1. The molecule has 13 heteroatoms.